The summed E-state index contributed by atoms with van der Waals surface area (Å²) in [7, 11) is 0. The number of ether oxygens (including phenoxy) is 2. The summed E-state index contributed by atoms with van der Waals surface area (Å²) in [6.45, 7) is 7.52. The van der Waals surface area contributed by atoms with Crippen molar-refractivity contribution >= 4 is 12.1 Å². The zero-order chi connectivity index (χ0) is 19.6. The molecule has 2 aliphatic heterocycles. The van der Waals surface area contributed by atoms with Gasteiger partial charge in [0.05, 0.1) is 12.7 Å². The molecule has 7 nitrogen and oxygen atoms in total. The normalized spacial score (nSPS) is 32.1. The quantitative estimate of drug-likeness (QED) is 0.568. The molecule has 2 saturated carbocycles. The van der Waals surface area contributed by atoms with Crippen LogP contribution in [0.4, 0.5) is 4.79 Å². The molecule has 3 unspecified atom stereocenters. The number of hydrogen-bond acceptors (Lipinski definition) is 4. The van der Waals surface area contributed by atoms with E-state index in [-0.39, 0.29) is 6.09 Å². The van der Waals surface area contributed by atoms with Gasteiger partial charge in [0.1, 0.15) is 0 Å². The molecule has 158 valence electrons. The highest BCUT2D eigenvalue weighted by Gasteiger charge is 2.65. The molecule has 0 aromatic heterocycles. The first-order valence-corrected chi connectivity index (χ1v) is 11.3. The van der Waals surface area contributed by atoms with E-state index in [0.717, 1.165) is 45.0 Å². The highest BCUT2D eigenvalue weighted by molar-refractivity contribution is 5.81. The summed E-state index contributed by atoms with van der Waals surface area (Å²) >= 11 is 0. The van der Waals surface area contributed by atoms with Crippen LogP contribution >= 0.6 is 0 Å². The lowest BCUT2D eigenvalue weighted by molar-refractivity contribution is -0.125. The Morgan fingerprint density at radius 3 is 2.61 bits per heavy atom. The van der Waals surface area contributed by atoms with Crippen molar-refractivity contribution in [3.63, 3.8) is 0 Å². The van der Waals surface area contributed by atoms with E-state index in [1.165, 1.54) is 32.1 Å². The predicted molar refractivity (Wildman–Crippen MR) is 108 cm³/mol. The second-order valence-corrected chi connectivity index (χ2v) is 8.73. The number of carbonyl (C=O) groups excluding carboxylic acids is 1. The van der Waals surface area contributed by atoms with E-state index < -0.39 is 0 Å². The molecular weight excluding hydrogens is 356 g/mol. The van der Waals surface area contributed by atoms with Gasteiger partial charge in [0.15, 0.2) is 5.96 Å². The fourth-order valence-corrected chi connectivity index (χ4v) is 5.96. The van der Waals surface area contributed by atoms with E-state index in [4.69, 9.17) is 14.5 Å². The number of amides is 1. The number of nitrogens with zero attached hydrogens (tertiary/aromatic N) is 2. The van der Waals surface area contributed by atoms with Crippen molar-refractivity contribution in [1.29, 1.82) is 0 Å². The second kappa shape index (κ2) is 8.47. The molecule has 2 saturated heterocycles. The third-order valence-electron chi connectivity index (χ3n) is 7.26. The Balaban J connectivity index is 1.34. The summed E-state index contributed by atoms with van der Waals surface area (Å²) in [6.07, 6.45) is 8.50. The highest BCUT2D eigenvalue weighted by atomic mass is 16.6. The van der Waals surface area contributed by atoms with E-state index >= 15 is 0 Å². The number of nitrogens with one attached hydrogen (secondary N) is 2. The van der Waals surface area contributed by atoms with Crippen LogP contribution in [0.2, 0.25) is 0 Å². The van der Waals surface area contributed by atoms with Gasteiger partial charge in [-0.05, 0) is 46.0 Å². The lowest BCUT2D eigenvalue weighted by Crippen LogP contribution is -2.69. The average molecular weight is 393 g/mol. The van der Waals surface area contributed by atoms with E-state index in [0.29, 0.717) is 36.1 Å². The van der Waals surface area contributed by atoms with Crippen molar-refractivity contribution in [3.8, 4) is 0 Å². The Hall–Kier alpha value is -1.50. The zero-order valence-electron chi connectivity index (χ0n) is 17.4. The fourth-order valence-electron chi connectivity index (χ4n) is 5.96. The van der Waals surface area contributed by atoms with E-state index in [2.05, 4.69) is 17.6 Å². The maximum atomic E-state index is 11.9. The summed E-state index contributed by atoms with van der Waals surface area (Å²) in [5, 5.41) is 7.47. The Morgan fingerprint density at radius 1 is 1.18 bits per heavy atom. The van der Waals surface area contributed by atoms with Gasteiger partial charge < -0.3 is 25.0 Å². The van der Waals surface area contributed by atoms with E-state index in [1.54, 1.807) is 0 Å². The van der Waals surface area contributed by atoms with Gasteiger partial charge in [-0.2, -0.15) is 0 Å². The molecule has 1 spiro atoms. The molecule has 2 aliphatic carbocycles. The van der Waals surface area contributed by atoms with Crippen molar-refractivity contribution in [2.45, 2.75) is 77.0 Å². The van der Waals surface area contributed by atoms with Crippen LogP contribution in [-0.2, 0) is 9.47 Å². The van der Waals surface area contributed by atoms with Gasteiger partial charge >= 0.3 is 6.09 Å². The first-order valence-electron chi connectivity index (χ1n) is 11.3. The fraction of sp³-hybridized carbons (Fsp3) is 0.905. The highest BCUT2D eigenvalue weighted by Crippen LogP contribution is 2.60. The topological polar surface area (TPSA) is 75.2 Å². The van der Waals surface area contributed by atoms with Crippen LogP contribution in [0, 0.1) is 11.3 Å². The Morgan fingerprint density at radius 2 is 1.93 bits per heavy atom. The molecular formula is C21H36N4O3. The molecule has 28 heavy (non-hydrogen) atoms. The number of hydrogen-bond donors (Lipinski definition) is 2. The van der Waals surface area contributed by atoms with Gasteiger partial charge in [0.25, 0.3) is 0 Å². The number of aliphatic imine (C=N–C) groups is 1. The summed E-state index contributed by atoms with van der Waals surface area (Å²) in [4.78, 5) is 18.5. The number of guanidine groups is 1. The number of fused-ring (bicyclic) bond motifs is 2. The van der Waals surface area contributed by atoms with Crippen molar-refractivity contribution in [2.24, 2.45) is 16.3 Å². The minimum atomic E-state index is -0.188. The van der Waals surface area contributed by atoms with Crippen LogP contribution in [0.3, 0.4) is 0 Å². The summed E-state index contributed by atoms with van der Waals surface area (Å²) < 4.78 is 11.2. The number of piperidine rings is 1. The Labute approximate surface area is 168 Å². The van der Waals surface area contributed by atoms with Crippen LogP contribution in [0.5, 0.6) is 0 Å². The zero-order valence-corrected chi connectivity index (χ0v) is 17.4. The van der Waals surface area contributed by atoms with E-state index in [9.17, 15) is 4.79 Å². The van der Waals surface area contributed by atoms with Gasteiger partial charge in [-0.3, -0.25) is 4.99 Å². The number of rotatable bonds is 4. The molecule has 2 heterocycles. The van der Waals surface area contributed by atoms with Crippen LogP contribution in [0.1, 0.15) is 58.8 Å². The summed E-state index contributed by atoms with van der Waals surface area (Å²) in [5.41, 5.74) is 0.324. The average Bonchev–Trinajstić information content (AvgIpc) is 3.36. The van der Waals surface area contributed by atoms with E-state index in [1.807, 2.05) is 11.8 Å². The molecule has 1 amide bonds. The van der Waals surface area contributed by atoms with Gasteiger partial charge in [0, 0.05) is 49.7 Å². The van der Waals surface area contributed by atoms with Crippen LogP contribution < -0.4 is 10.6 Å². The molecule has 7 heteroatoms. The molecule has 2 N–H and O–H groups in total. The molecule has 0 bridgehead atoms. The molecule has 4 fully saturated rings. The maximum absolute atomic E-state index is 11.9. The Bertz CT molecular complexity index is 582. The minimum Gasteiger partial charge on any atom is -0.450 e. The maximum Gasteiger partial charge on any atom is 0.409 e. The summed E-state index contributed by atoms with van der Waals surface area (Å²) in [5.74, 6) is 1.58. The van der Waals surface area contributed by atoms with Crippen LogP contribution in [-0.4, -0.2) is 68.0 Å². The van der Waals surface area contributed by atoms with Crippen molar-refractivity contribution in [1.82, 2.24) is 15.5 Å². The SMILES string of the molecule is CCN=C(NC1CCN(C(=O)OCC)CC1)NC1C2CCOC2C12CCCC2. The van der Waals surface area contributed by atoms with Gasteiger partial charge in [0.2, 0.25) is 0 Å². The van der Waals surface area contributed by atoms with Gasteiger partial charge in [-0.15, -0.1) is 0 Å². The standard InChI is InChI=1S/C21H36N4O3/c1-3-22-19(23-15-7-12-25(13-8-15)20(26)27-4-2)24-17-16-9-14-28-18(16)21(17)10-5-6-11-21/h15-18H,3-14H2,1-2H3,(H2,22,23,24). The van der Waals surface area contributed by atoms with Crippen molar-refractivity contribution in [2.75, 3.05) is 32.8 Å². The third-order valence-corrected chi connectivity index (χ3v) is 7.26. The molecule has 4 aliphatic rings. The summed E-state index contributed by atoms with van der Waals surface area (Å²) in [6, 6.07) is 0.832. The lowest BCUT2D eigenvalue weighted by atomic mass is 9.54. The first-order chi connectivity index (χ1) is 13.7. The third kappa shape index (κ3) is 3.58. The number of likely N-dealkylation sites (tertiary alicyclic amines) is 1. The molecule has 0 aromatic carbocycles. The van der Waals surface area contributed by atoms with Gasteiger partial charge in [-0.1, -0.05) is 12.8 Å². The smallest absolute Gasteiger partial charge is 0.409 e. The predicted octanol–water partition coefficient (Wildman–Crippen LogP) is 2.51. The molecule has 0 aromatic rings. The van der Waals surface area contributed by atoms with Crippen molar-refractivity contribution < 1.29 is 14.3 Å². The number of carbonyl (C=O) groups is 1. The molecule has 3 atom stereocenters. The molecule has 0 radical (unpaired) electrons. The first kappa shape index (κ1) is 19.8. The van der Waals surface area contributed by atoms with Gasteiger partial charge in [-0.25, -0.2) is 4.79 Å². The van der Waals surface area contributed by atoms with Crippen LogP contribution in [0.15, 0.2) is 4.99 Å². The monoisotopic (exact) mass is 392 g/mol. The lowest BCUT2D eigenvalue weighted by Gasteiger charge is -2.57. The molecule has 4 rings (SSSR count). The minimum absolute atomic E-state index is 0.188. The Kier molecular flexibility index (Phi) is 5.99. The second-order valence-electron chi connectivity index (χ2n) is 8.73. The van der Waals surface area contributed by atoms with Crippen molar-refractivity contribution in [3.05, 3.63) is 0 Å². The largest absolute Gasteiger partial charge is 0.450 e. The van der Waals surface area contributed by atoms with Crippen LogP contribution in [0.25, 0.3) is 0 Å².